The summed E-state index contributed by atoms with van der Waals surface area (Å²) >= 11 is 0. The summed E-state index contributed by atoms with van der Waals surface area (Å²) in [6.45, 7) is 3.47. The van der Waals surface area contributed by atoms with Crippen LogP contribution in [0, 0.1) is 12.7 Å². The van der Waals surface area contributed by atoms with Gasteiger partial charge >= 0.3 is 0 Å². The van der Waals surface area contributed by atoms with Gasteiger partial charge in [0.1, 0.15) is 5.82 Å². The summed E-state index contributed by atoms with van der Waals surface area (Å²) in [6, 6.07) is 15.1. The lowest BCUT2D eigenvalue weighted by Crippen LogP contribution is -2.41. The van der Waals surface area contributed by atoms with Crippen molar-refractivity contribution >= 4 is 5.96 Å². The summed E-state index contributed by atoms with van der Waals surface area (Å²) < 4.78 is 13.2. The predicted molar refractivity (Wildman–Crippen MR) is 102 cm³/mol. The van der Waals surface area contributed by atoms with E-state index >= 15 is 0 Å². The van der Waals surface area contributed by atoms with Crippen molar-refractivity contribution < 1.29 is 4.39 Å². The molecule has 134 valence electrons. The van der Waals surface area contributed by atoms with Crippen LogP contribution in [0.3, 0.4) is 0 Å². The third-order valence-corrected chi connectivity index (χ3v) is 4.11. The fourth-order valence-electron chi connectivity index (χ4n) is 2.71. The van der Waals surface area contributed by atoms with Crippen LogP contribution in [0.1, 0.15) is 22.7 Å². The molecular formula is C20H27FN4. The molecule has 2 rings (SSSR count). The topological polar surface area (TPSA) is 39.7 Å². The molecule has 0 aromatic heterocycles. The van der Waals surface area contributed by atoms with Crippen LogP contribution in [0.15, 0.2) is 53.5 Å². The maximum atomic E-state index is 13.2. The predicted octanol–water partition coefficient (Wildman–Crippen LogP) is 3.10. The number of hydrogen-bond donors (Lipinski definition) is 2. The van der Waals surface area contributed by atoms with Crippen LogP contribution in [0.4, 0.5) is 4.39 Å². The number of nitrogens with zero attached hydrogens (tertiary/aromatic N) is 2. The summed E-state index contributed by atoms with van der Waals surface area (Å²) in [5.41, 5.74) is 3.52. The lowest BCUT2D eigenvalue weighted by molar-refractivity contribution is 0.298. The second kappa shape index (κ2) is 9.18. The number of halogens is 1. The molecule has 0 bridgehead atoms. The van der Waals surface area contributed by atoms with Crippen molar-refractivity contribution in [3.63, 3.8) is 0 Å². The van der Waals surface area contributed by atoms with Gasteiger partial charge in [0.05, 0.1) is 6.04 Å². The molecule has 2 aromatic rings. The maximum absolute atomic E-state index is 13.2. The molecule has 1 unspecified atom stereocenters. The van der Waals surface area contributed by atoms with Crippen molar-refractivity contribution in [2.75, 3.05) is 27.7 Å². The number of guanidine groups is 1. The first kappa shape index (κ1) is 18.9. The Morgan fingerprint density at radius 2 is 1.84 bits per heavy atom. The molecule has 0 saturated heterocycles. The van der Waals surface area contributed by atoms with Crippen molar-refractivity contribution in [3.8, 4) is 0 Å². The molecule has 0 aliphatic heterocycles. The number of hydrogen-bond acceptors (Lipinski definition) is 2. The third-order valence-electron chi connectivity index (χ3n) is 4.11. The number of rotatable bonds is 6. The minimum Gasteiger partial charge on any atom is -0.354 e. The van der Waals surface area contributed by atoms with E-state index in [1.807, 2.05) is 26.2 Å². The quantitative estimate of drug-likeness (QED) is 0.626. The van der Waals surface area contributed by atoms with Crippen LogP contribution in [-0.4, -0.2) is 38.5 Å². The molecule has 0 spiro atoms. The smallest absolute Gasteiger partial charge is 0.191 e. The third kappa shape index (κ3) is 5.87. The molecule has 0 saturated carbocycles. The van der Waals surface area contributed by atoms with E-state index in [1.165, 1.54) is 23.3 Å². The van der Waals surface area contributed by atoms with E-state index < -0.39 is 0 Å². The highest BCUT2D eigenvalue weighted by Crippen LogP contribution is 2.17. The fourth-order valence-corrected chi connectivity index (χ4v) is 2.71. The highest BCUT2D eigenvalue weighted by molar-refractivity contribution is 5.79. The Morgan fingerprint density at radius 3 is 2.44 bits per heavy atom. The van der Waals surface area contributed by atoms with Gasteiger partial charge in [-0.1, -0.05) is 42.0 Å². The molecule has 0 amide bonds. The van der Waals surface area contributed by atoms with Gasteiger partial charge in [0, 0.05) is 20.1 Å². The Balaban J connectivity index is 1.94. The molecule has 5 heteroatoms. The van der Waals surface area contributed by atoms with Gasteiger partial charge in [0.2, 0.25) is 0 Å². The van der Waals surface area contributed by atoms with Crippen molar-refractivity contribution in [3.05, 3.63) is 71.0 Å². The second-order valence-electron chi connectivity index (χ2n) is 6.33. The van der Waals surface area contributed by atoms with Crippen LogP contribution >= 0.6 is 0 Å². The molecular weight excluding hydrogens is 315 g/mol. The minimum atomic E-state index is -0.218. The highest BCUT2D eigenvalue weighted by Gasteiger charge is 2.14. The standard InChI is InChI=1S/C20H27FN4/c1-15-6-5-7-16(12-15)13-23-20(22-2)24-14-19(25(3)4)17-8-10-18(21)11-9-17/h5-12,19H,13-14H2,1-4H3,(H2,22,23,24). The van der Waals surface area contributed by atoms with Crippen molar-refractivity contribution in [1.29, 1.82) is 0 Å². The van der Waals surface area contributed by atoms with Crippen LogP contribution in [0.5, 0.6) is 0 Å². The number of nitrogens with one attached hydrogen (secondary N) is 2. The monoisotopic (exact) mass is 342 g/mol. The Morgan fingerprint density at radius 1 is 1.12 bits per heavy atom. The molecule has 2 aromatic carbocycles. The lowest BCUT2D eigenvalue weighted by atomic mass is 10.1. The van der Waals surface area contributed by atoms with E-state index in [4.69, 9.17) is 0 Å². The molecule has 0 radical (unpaired) electrons. The van der Waals surface area contributed by atoms with E-state index in [-0.39, 0.29) is 11.9 Å². The van der Waals surface area contributed by atoms with Gasteiger partial charge < -0.3 is 15.5 Å². The maximum Gasteiger partial charge on any atom is 0.191 e. The number of benzene rings is 2. The van der Waals surface area contributed by atoms with E-state index in [1.54, 1.807) is 7.05 Å². The van der Waals surface area contributed by atoms with Gasteiger partial charge in [-0.15, -0.1) is 0 Å². The first-order valence-electron chi connectivity index (χ1n) is 8.41. The fraction of sp³-hybridized carbons (Fsp3) is 0.350. The molecule has 0 heterocycles. The average Bonchev–Trinajstić information content (AvgIpc) is 2.59. The largest absolute Gasteiger partial charge is 0.354 e. The molecule has 25 heavy (non-hydrogen) atoms. The summed E-state index contributed by atoms with van der Waals surface area (Å²) in [5.74, 6) is 0.528. The zero-order valence-electron chi connectivity index (χ0n) is 15.4. The van der Waals surface area contributed by atoms with Gasteiger partial charge in [-0.2, -0.15) is 0 Å². The second-order valence-corrected chi connectivity index (χ2v) is 6.33. The summed E-state index contributed by atoms with van der Waals surface area (Å²) in [5, 5.41) is 6.68. The Labute approximate surface area is 149 Å². The van der Waals surface area contributed by atoms with Crippen LogP contribution in [0.25, 0.3) is 0 Å². The number of likely N-dealkylation sites (N-methyl/N-ethyl adjacent to an activating group) is 1. The molecule has 0 fully saturated rings. The molecule has 0 aliphatic rings. The zero-order chi connectivity index (χ0) is 18.2. The van der Waals surface area contributed by atoms with Gasteiger partial charge in [0.15, 0.2) is 5.96 Å². The van der Waals surface area contributed by atoms with Gasteiger partial charge in [0.25, 0.3) is 0 Å². The normalized spacial score (nSPS) is 13.0. The van der Waals surface area contributed by atoms with E-state index in [9.17, 15) is 4.39 Å². The van der Waals surface area contributed by atoms with Crippen LogP contribution < -0.4 is 10.6 Å². The van der Waals surface area contributed by atoms with Crippen LogP contribution in [-0.2, 0) is 6.54 Å². The van der Waals surface area contributed by atoms with E-state index in [0.29, 0.717) is 13.1 Å². The summed E-state index contributed by atoms with van der Waals surface area (Å²) in [6.07, 6.45) is 0. The first-order chi connectivity index (χ1) is 12.0. The molecule has 4 nitrogen and oxygen atoms in total. The van der Waals surface area contributed by atoms with Gasteiger partial charge in [-0.05, 0) is 44.3 Å². The molecule has 1 atom stereocenters. The molecule has 2 N–H and O–H groups in total. The van der Waals surface area contributed by atoms with Crippen LogP contribution in [0.2, 0.25) is 0 Å². The summed E-state index contributed by atoms with van der Waals surface area (Å²) in [7, 11) is 5.78. The van der Waals surface area contributed by atoms with E-state index in [2.05, 4.69) is 51.7 Å². The Kier molecular flexibility index (Phi) is 6.95. The van der Waals surface area contributed by atoms with Crippen molar-refractivity contribution in [2.45, 2.75) is 19.5 Å². The average molecular weight is 342 g/mol. The van der Waals surface area contributed by atoms with Gasteiger partial charge in [-0.3, -0.25) is 4.99 Å². The number of aryl methyl sites for hydroxylation is 1. The van der Waals surface area contributed by atoms with Crippen molar-refractivity contribution in [1.82, 2.24) is 15.5 Å². The zero-order valence-corrected chi connectivity index (χ0v) is 15.4. The van der Waals surface area contributed by atoms with Crippen molar-refractivity contribution in [2.24, 2.45) is 4.99 Å². The number of aliphatic imine (C=N–C) groups is 1. The lowest BCUT2D eigenvalue weighted by Gasteiger charge is -2.26. The first-order valence-corrected chi connectivity index (χ1v) is 8.41. The van der Waals surface area contributed by atoms with Gasteiger partial charge in [-0.25, -0.2) is 4.39 Å². The highest BCUT2D eigenvalue weighted by atomic mass is 19.1. The summed E-state index contributed by atoms with van der Waals surface area (Å²) in [4.78, 5) is 6.39. The minimum absolute atomic E-state index is 0.123. The SMILES string of the molecule is CN=C(NCc1cccc(C)c1)NCC(c1ccc(F)cc1)N(C)C. The van der Waals surface area contributed by atoms with E-state index in [0.717, 1.165) is 11.5 Å². The Bertz CT molecular complexity index is 695. The molecule has 0 aliphatic carbocycles. The Hall–Kier alpha value is -2.40.